The Kier molecular flexibility index (Phi) is 19.2. The van der Waals surface area contributed by atoms with E-state index in [9.17, 15) is 9.59 Å². The molecule has 0 aromatic carbocycles. The van der Waals surface area contributed by atoms with Gasteiger partial charge in [0.05, 0.1) is 0 Å². The van der Waals surface area contributed by atoms with Crippen LogP contribution in [0.25, 0.3) is 0 Å². The van der Waals surface area contributed by atoms with Gasteiger partial charge in [0.2, 0.25) is 5.91 Å². The first-order valence-electron chi connectivity index (χ1n) is 11.2. The molecule has 0 aliphatic rings. The summed E-state index contributed by atoms with van der Waals surface area (Å²) in [7, 11) is 1.52. The lowest BCUT2D eigenvalue weighted by Crippen LogP contribution is -2.39. The van der Waals surface area contributed by atoms with Crippen molar-refractivity contribution in [2.24, 2.45) is 0 Å². The van der Waals surface area contributed by atoms with Gasteiger partial charge in [-0.2, -0.15) is 0 Å². The number of carbonyl (C=O) groups is 2. The first-order valence-corrected chi connectivity index (χ1v) is 11.2. The number of nitrogens with one attached hydrogen (secondary N) is 1. The van der Waals surface area contributed by atoms with E-state index in [0.717, 1.165) is 38.5 Å². The molecule has 0 atom stereocenters. The highest BCUT2D eigenvalue weighted by Gasteiger charge is 2.14. The fourth-order valence-corrected chi connectivity index (χ4v) is 2.95. The lowest BCUT2D eigenvalue weighted by molar-refractivity contribution is -0.121. The first kappa shape index (κ1) is 27.0. The highest BCUT2D eigenvalue weighted by atomic mass is 16.4. The topological polar surface area (TPSA) is 69.6 Å². The molecule has 0 fully saturated rings. The van der Waals surface area contributed by atoms with Crippen LogP contribution in [0, 0.1) is 0 Å². The highest BCUT2D eigenvalue weighted by Crippen LogP contribution is 2.10. The maximum absolute atomic E-state index is 11.3. The van der Waals surface area contributed by atoms with Gasteiger partial charge in [0.1, 0.15) is 6.54 Å². The van der Waals surface area contributed by atoms with Crippen molar-refractivity contribution in [2.45, 2.75) is 84.0 Å². The summed E-state index contributed by atoms with van der Waals surface area (Å²) in [6.07, 6.45) is 25.9. The van der Waals surface area contributed by atoms with Gasteiger partial charge < -0.3 is 10.4 Å². The summed E-state index contributed by atoms with van der Waals surface area (Å²) in [6.45, 7) is 2.51. The standard InChI is InChI=1S/C24H42N2O3/c1-3-4-5-6-7-8-9-10-11-12-13-14-15-16-17-18-19-20-21-26(24(28)29)22-23(27)25-2/h4-5,7-8,10-11H,3,6,9,12-22H2,1-2H3,(H,25,27)(H,28,29). The van der Waals surface area contributed by atoms with Crippen LogP contribution in [0.4, 0.5) is 4.79 Å². The molecule has 0 aliphatic heterocycles. The molecule has 0 spiro atoms. The monoisotopic (exact) mass is 406 g/mol. The van der Waals surface area contributed by atoms with Crippen LogP contribution in [0.2, 0.25) is 0 Å². The maximum Gasteiger partial charge on any atom is 0.407 e. The number of likely N-dealkylation sites (N-methyl/N-ethyl adjacent to an activating group) is 1. The molecule has 0 aromatic heterocycles. The Morgan fingerprint density at radius 3 is 1.86 bits per heavy atom. The molecule has 0 heterocycles. The molecule has 0 aliphatic carbocycles. The van der Waals surface area contributed by atoms with Crippen molar-refractivity contribution in [3.63, 3.8) is 0 Å². The Morgan fingerprint density at radius 1 is 0.793 bits per heavy atom. The van der Waals surface area contributed by atoms with Gasteiger partial charge in [0.25, 0.3) is 0 Å². The maximum atomic E-state index is 11.3. The van der Waals surface area contributed by atoms with Gasteiger partial charge >= 0.3 is 6.09 Å². The number of hydrogen-bond acceptors (Lipinski definition) is 2. The largest absolute Gasteiger partial charge is 0.465 e. The third-order valence-electron chi connectivity index (χ3n) is 4.71. The molecule has 166 valence electrons. The summed E-state index contributed by atoms with van der Waals surface area (Å²) in [4.78, 5) is 23.6. The summed E-state index contributed by atoms with van der Waals surface area (Å²) in [6, 6.07) is 0. The SMILES string of the molecule is CCC=CCC=CCC=CCCCCCCCCCCN(CC(=O)NC)C(=O)O. The number of carbonyl (C=O) groups excluding carboxylic acids is 1. The van der Waals surface area contributed by atoms with E-state index in [4.69, 9.17) is 5.11 Å². The van der Waals surface area contributed by atoms with Crippen LogP contribution in [0.3, 0.4) is 0 Å². The summed E-state index contributed by atoms with van der Waals surface area (Å²) in [5.41, 5.74) is 0. The van der Waals surface area contributed by atoms with Crippen molar-refractivity contribution < 1.29 is 14.7 Å². The van der Waals surface area contributed by atoms with Crippen LogP contribution in [-0.4, -0.2) is 42.1 Å². The normalized spacial score (nSPS) is 11.7. The van der Waals surface area contributed by atoms with Gasteiger partial charge in [-0.05, 0) is 38.5 Å². The Hall–Kier alpha value is -2.04. The smallest absolute Gasteiger partial charge is 0.407 e. The molecule has 0 unspecified atom stereocenters. The van der Waals surface area contributed by atoms with Crippen molar-refractivity contribution in [3.05, 3.63) is 36.5 Å². The van der Waals surface area contributed by atoms with Crippen LogP contribution in [0.15, 0.2) is 36.5 Å². The number of rotatable bonds is 18. The zero-order valence-electron chi connectivity index (χ0n) is 18.6. The predicted molar refractivity (Wildman–Crippen MR) is 122 cm³/mol. The Morgan fingerprint density at radius 2 is 1.31 bits per heavy atom. The first-order chi connectivity index (χ1) is 14.1. The fraction of sp³-hybridized carbons (Fsp3) is 0.667. The van der Waals surface area contributed by atoms with Gasteiger partial charge in [-0.15, -0.1) is 0 Å². The molecule has 0 aromatic rings. The molecule has 0 rings (SSSR count). The van der Waals surface area contributed by atoms with E-state index < -0.39 is 6.09 Å². The van der Waals surface area contributed by atoms with Crippen LogP contribution in [0.5, 0.6) is 0 Å². The number of carboxylic acid groups (broad SMARTS) is 1. The zero-order valence-corrected chi connectivity index (χ0v) is 18.6. The lowest BCUT2D eigenvalue weighted by Gasteiger charge is -2.17. The van der Waals surface area contributed by atoms with Crippen molar-refractivity contribution >= 4 is 12.0 Å². The number of hydrogen-bond donors (Lipinski definition) is 2. The summed E-state index contributed by atoms with van der Waals surface area (Å²) >= 11 is 0. The number of nitrogens with zero attached hydrogens (tertiary/aromatic N) is 1. The van der Waals surface area contributed by atoms with E-state index in [0.29, 0.717) is 6.54 Å². The third-order valence-corrected chi connectivity index (χ3v) is 4.71. The van der Waals surface area contributed by atoms with Crippen LogP contribution in [-0.2, 0) is 4.79 Å². The van der Waals surface area contributed by atoms with Crippen molar-refractivity contribution in [3.8, 4) is 0 Å². The van der Waals surface area contributed by atoms with E-state index in [1.54, 1.807) is 0 Å². The van der Waals surface area contributed by atoms with E-state index >= 15 is 0 Å². The van der Waals surface area contributed by atoms with E-state index in [-0.39, 0.29) is 12.5 Å². The van der Waals surface area contributed by atoms with Gasteiger partial charge in [-0.1, -0.05) is 81.9 Å². The molecular weight excluding hydrogens is 364 g/mol. The molecule has 29 heavy (non-hydrogen) atoms. The molecule has 0 saturated carbocycles. The minimum atomic E-state index is -1.03. The summed E-state index contributed by atoms with van der Waals surface area (Å²) in [5.74, 6) is -0.265. The van der Waals surface area contributed by atoms with Gasteiger partial charge in [-0.3, -0.25) is 9.69 Å². The Bertz CT molecular complexity index is 498. The molecule has 2 amide bonds. The Balaban J connectivity index is 3.46. The number of unbranched alkanes of at least 4 members (excludes halogenated alkanes) is 8. The molecular formula is C24H42N2O3. The average molecular weight is 407 g/mol. The van der Waals surface area contributed by atoms with E-state index in [2.05, 4.69) is 48.7 Å². The highest BCUT2D eigenvalue weighted by molar-refractivity contribution is 5.81. The second-order valence-corrected chi connectivity index (χ2v) is 7.29. The molecule has 2 N–H and O–H groups in total. The molecule has 0 bridgehead atoms. The van der Waals surface area contributed by atoms with E-state index in [1.165, 1.54) is 50.5 Å². The quantitative estimate of drug-likeness (QED) is 0.214. The second kappa shape index (κ2) is 20.7. The molecule has 5 nitrogen and oxygen atoms in total. The molecule has 0 radical (unpaired) electrons. The van der Waals surface area contributed by atoms with E-state index in [1.807, 2.05) is 0 Å². The van der Waals surface area contributed by atoms with Crippen LogP contribution in [0.1, 0.15) is 84.0 Å². The molecule has 5 heteroatoms. The van der Waals surface area contributed by atoms with Gasteiger partial charge in [-0.25, -0.2) is 4.79 Å². The summed E-state index contributed by atoms with van der Waals surface area (Å²) < 4.78 is 0. The number of allylic oxidation sites excluding steroid dienone is 6. The minimum absolute atomic E-state index is 0.0765. The average Bonchev–Trinajstić information content (AvgIpc) is 2.71. The van der Waals surface area contributed by atoms with Crippen molar-refractivity contribution in [1.82, 2.24) is 10.2 Å². The van der Waals surface area contributed by atoms with Gasteiger partial charge in [0, 0.05) is 13.6 Å². The lowest BCUT2D eigenvalue weighted by atomic mass is 10.1. The van der Waals surface area contributed by atoms with Crippen molar-refractivity contribution in [1.29, 1.82) is 0 Å². The van der Waals surface area contributed by atoms with Crippen LogP contribution < -0.4 is 5.32 Å². The minimum Gasteiger partial charge on any atom is -0.465 e. The predicted octanol–water partition coefficient (Wildman–Crippen LogP) is 6.08. The second-order valence-electron chi connectivity index (χ2n) is 7.29. The number of amides is 2. The van der Waals surface area contributed by atoms with Gasteiger partial charge in [0.15, 0.2) is 0 Å². The zero-order chi connectivity index (χ0) is 21.6. The fourth-order valence-electron chi connectivity index (χ4n) is 2.95. The summed E-state index contributed by atoms with van der Waals surface area (Å²) in [5, 5.41) is 11.6. The van der Waals surface area contributed by atoms with Crippen molar-refractivity contribution in [2.75, 3.05) is 20.1 Å². The third kappa shape index (κ3) is 19.1. The molecule has 0 saturated heterocycles. The Labute approximate surface area is 177 Å². The van der Waals surface area contributed by atoms with Crippen LogP contribution >= 0.6 is 0 Å².